The van der Waals surface area contributed by atoms with Crippen LogP contribution in [0.2, 0.25) is 5.02 Å². The maximum absolute atomic E-state index is 12.4. The predicted molar refractivity (Wildman–Crippen MR) is 526 cm³/mol. The molecule has 16 rings (SSSR count). The van der Waals surface area contributed by atoms with Crippen LogP contribution in [0, 0.1) is 26.7 Å². The first-order valence-corrected chi connectivity index (χ1v) is 48.6. The summed E-state index contributed by atoms with van der Waals surface area (Å²) in [6, 6.07) is 68.6. The summed E-state index contributed by atoms with van der Waals surface area (Å²) in [6.45, 7) is 17.1. The molecule has 8 aliphatic carbocycles. The van der Waals surface area contributed by atoms with Gasteiger partial charge in [0.15, 0.2) is 40.5 Å². The molecule has 8 saturated carbocycles. The average molecular weight is 1780 g/mol. The van der Waals surface area contributed by atoms with E-state index in [4.69, 9.17) is 32.5 Å². The minimum absolute atomic E-state index is 0.0699. The lowest BCUT2D eigenvalue weighted by Gasteiger charge is -2.40. The Morgan fingerprint density at radius 3 is 1.01 bits per heavy atom. The lowest BCUT2D eigenvalue weighted by molar-refractivity contribution is -0.128. The van der Waals surface area contributed by atoms with Crippen molar-refractivity contribution in [1.29, 1.82) is 0 Å². The van der Waals surface area contributed by atoms with E-state index in [9.17, 15) is 33.6 Å². The Kier molecular flexibility index (Phi) is 40.2. The minimum Gasteiger partial charge on any atom is -0.497 e. The van der Waals surface area contributed by atoms with Crippen LogP contribution in [-0.2, 0) is 77.9 Å². The molecule has 10 N–H and O–H groups in total. The molecular weight excluding hydrogens is 1620 g/mol. The molecule has 129 heavy (non-hydrogen) atoms. The molecule has 0 aromatic heterocycles. The SMILES string of the molecule is CC1CCCC[C@@]1(N)c1ccccc1.CCN[C@@]1(c2ccc(C)cc2)CCCCC1=O.CCN[C@]1(c2cccc(OC)c2)CCCCC1=O.CCN[C@]1(c2ccccc2)CCCCC1=O.CN[C@]1(c2ccc(C)cc2)CCCCC1=O.CN[C@]1(c2cccc(OC)c2)CCCCC1=O.CN[C@]1(c2ccccc2C)CCCCC1=O.N[C@@]1(c2ccccc2Cl)CCCCC1=O. The third kappa shape index (κ3) is 25.3. The molecule has 18 heteroatoms. The Balaban J connectivity index is 0.000000166. The van der Waals surface area contributed by atoms with Gasteiger partial charge in [-0.05, 0) is 251 Å². The molecule has 8 fully saturated rings. The number of methoxy groups -OCH3 is 2. The Morgan fingerprint density at radius 1 is 0.326 bits per heavy atom. The number of halogens is 1. The van der Waals surface area contributed by atoms with E-state index in [1.165, 1.54) is 41.5 Å². The maximum atomic E-state index is 12.4. The molecule has 0 bridgehead atoms. The van der Waals surface area contributed by atoms with Crippen molar-refractivity contribution in [3.63, 3.8) is 0 Å². The van der Waals surface area contributed by atoms with Gasteiger partial charge in [0, 0.05) is 55.5 Å². The summed E-state index contributed by atoms with van der Waals surface area (Å²) < 4.78 is 10.5. The van der Waals surface area contributed by atoms with Crippen LogP contribution >= 0.6 is 11.6 Å². The molecule has 8 aromatic carbocycles. The van der Waals surface area contributed by atoms with Gasteiger partial charge in [-0.15, -0.1) is 0 Å². The van der Waals surface area contributed by atoms with E-state index in [-0.39, 0.29) is 11.3 Å². The lowest BCUT2D eigenvalue weighted by Crippen LogP contribution is -2.50. The number of nitrogens with two attached hydrogens (primary N) is 2. The topological polar surface area (TPSA) is 262 Å². The number of hydrogen-bond acceptors (Lipinski definition) is 17. The zero-order valence-electron chi connectivity index (χ0n) is 79.7. The molecule has 1 unspecified atom stereocenters. The quantitative estimate of drug-likeness (QED) is 0.0374. The number of ether oxygens (including phenoxy) is 2. The summed E-state index contributed by atoms with van der Waals surface area (Å²) in [6.07, 6.45) is 30.7. The van der Waals surface area contributed by atoms with Gasteiger partial charge in [0.1, 0.15) is 50.3 Å². The molecular formula is C111H151ClN8O9. The first-order chi connectivity index (χ1) is 62.2. The number of carbonyl (C=O) groups excluding carboxylic acids is 7. The molecule has 0 aliphatic heterocycles. The van der Waals surface area contributed by atoms with Crippen LogP contribution in [0.3, 0.4) is 0 Å². The summed E-state index contributed by atoms with van der Waals surface area (Å²) in [5.74, 6) is 4.32. The van der Waals surface area contributed by atoms with Crippen LogP contribution in [0.5, 0.6) is 11.5 Å². The Labute approximate surface area is 776 Å². The van der Waals surface area contributed by atoms with Gasteiger partial charge in [0.05, 0.1) is 14.2 Å². The van der Waals surface area contributed by atoms with E-state index in [1.54, 1.807) is 20.3 Å². The van der Waals surface area contributed by atoms with Crippen molar-refractivity contribution < 1.29 is 43.0 Å². The fourth-order valence-electron chi connectivity index (χ4n) is 20.9. The van der Waals surface area contributed by atoms with Gasteiger partial charge in [-0.3, -0.25) is 33.6 Å². The summed E-state index contributed by atoms with van der Waals surface area (Å²) in [5, 5.41) is 20.6. The number of ketones is 7. The van der Waals surface area contributed by atoms with Crippen LogP contribution in [0.4, 0.5) is 0 Å². The summed E-state index contributed by atoms with van der Waals surface area (Å²) in [7, 11) is 8.96. The van der Waals surface area contributed by atoms with Crippen molar-refractivity contribution in [3.8, 4) is 11.5 Å². The molecule has 8 aromatic rings. The van der Waals surface area contributed by atoms with Gasteiger partial charge < -0.3 is 52.8 Å². The number of benzene rings is 8. The van der Waals surface area contributed by atoms with Crippen molar-refractivity contribution in [2.24, 2.45) is 17.4 Å². The Morgan fingerprint density at radius 2 is 0.636 bits per heavy atom. The second-order valence-electron chi connectivity index (χ2n) is 36.6. The number of hydrogen-bond donors (Lipinski definition) is 8. The van der Waals surface area contributed by atoms with Crippen LogP contribution < -0.4 is 52.8 Å². The molecule has 0 spiro atoms. The molecule has 8 aliphatic rings. The fraction of sp³-hybridized carbons (Fsp3) is 0.505. The highest BCUT2D eigenvalue weighted by Crippen LogP contribution is 2.44. The summed E-state index contributed by atoms with van der Waals surface area (Å²) in [4.78, 5) is 85.5. The van der Waals surface area contributed by atoms with Crippen molar-refractivity contribution in [3.05, 3.63) is 272 Å². The zero-order chi connectivity index (χ0) is 93.1. The third-order valence-electron chi connectivity index (χ3n) is 28.6. The van der Waals surface area contributed by atoms with Crippen LogP contribution in [0.15, 0.2) is 206 Å². The number of Topliss-reactive ketones (excluding diaryl/α,β-unsaturated/α-hetero) is 7. The van der Waals surface area contributed by atoms with Crippen molar-refractivity contribution in [1.82, 2.24) is 31.9 Å². The number of nitrogens with one attached hydrogen (secondary N) is 6. The van der Waals surface area contributed by atoms with E-state index in [2.05, 4.69) is 177 Å². The molecule has 0 amide bonds. The molecule has 17 nitrogen and oxygen atoms in total. The maximum Gasteiger partial charge on any atom is 0.157 e. The van der Waals surface area contributed by atoms with E-state index >= 15 is 0 Å². The highest BCUT2D eigenvalue weighted by atomic mass is 35.5. The molecule has 696 valence electrons. The van der Waals surface area contributed by atoms with E-state index in [1.807, 2.05) is 125 Å². The predicted octanol–water partition coefficient (Wildman–Crippen LogP) is 21.3. The van der Waals surface area contributed by atoms with Gasteiger partial charge in [-0.1, -0.05) is 284 Å². The number of likely N-dealkylation sites (N-methyl/N-ethyl adjacent to an activating group) is 6. The normalized spacial score (nSPS) is 26.1. The zero-order valence-corrected chi connectivity index (χ0v) is 80.4. The van der Waals surface area contributed by atoms with E-state index < -0.39 is 38.8 Å². The lowest BCUT2D eigenvalue weighted by atomic mass is 9.70. The van der Waals surface area contributed by atoms with Crippen LogP contribution in [0.25, 0.3) is 0 Å². The molecule has 0 saturated heterocycles. The first-order valence-electron chi connectivity index (χ1n) is 48.2. The van der Waals surface area contributed by atoms with Gasteiger partial charge in [0.25, 0.3) is 0 Å². The summed E-state index contributed by atoms with van der Waals surface area (Å²) in [5.41, 5.74) is 21.5. The number of carbonyl (C=O) groups is 7. The fourth-order valence-corrected chi connectivity index (χ4v) is 21.2. The highest BCUT2D eigenvalue weighted by Gasteiger charge is 2.47. The van der Waals surface area contributed by atoms with Gasteiger partial charge >= 0.3 is 0 Å². The van der Waals surface area contributed by atoms with Crippen molar-refractivity contribution in [2.45, 2.75) is 298 Å². The van der Waals surface area contributed by atoms with Crippen LogP contribution in [-0.4, -0.2) is 95.5 Å². The van der Waals surface area contributed by atoms with E-state index in [0.29, 0.717) is 97.0 Å². The highest BCUT2D eigenvalue weighted by molar-refractivity contribution is 6.31. The van der Waals surface area contributed by atoms with E-state index in [0.717, 1.165) is 205 Å². The third-order valence-corrected chi connectivity index (χ3v) is 29.0. The van der Waals surface area contributed by atoms with Crippen molar-refractivity contribution >= 4 is 52.1 Å². The first kappa shape index (κ1) is 104. The van der Waals surface area contributed by atoms with Gasteiger partial charge in [-0.25, -0.2) is 0 Å². The second-order valence-corrected chi connectivity index (χ2v) is 37.0. The molecule has 0 radical (unpaired) electrons. The second kappa shape index (κ2) is 50.0. The molecule has 0 heterocycles. The minimum atomic E-state index is -0.851. The monoisotopic (exact) mass is 1780 g/mol. The largest absolute Gasteiger partial charge is 0.497 e. The van der Waals surface area contributed by atoms with Gasteiger partial charge in [-0.2, -0.15) is 0 Å². The Hall–Kier alpha value is -8.98. The van der Waals surface area contributed by atoms with Crippen molar-refractivity contribution in [2.75, 3.05) is 55.0 Å². The summed E-state index contributed by atoms with van der Waals surface area (Å²) >= 11 is 6.08. The Bertz CT molecular complexity index is 4880. The standard InChI is InChI=1S/C15H21NO2.C15H21NO.C14H19NO2.3C14H19NO.C13H19N.C12H14ClNO/c1-3-16-15(10-5-4-9-14(15)17)12-7-6-8-13(11-12)18-2;1-3-16-15(11-5-4-6-14(15)17)13-9-7-12(2)8-10-13;1-15-14(9-4-3-8-13(14)16)11-6-5-7-12(10-11)17-2;1-11-7-3-4-8-12(11)14(15-2)10-6-5-9-13(14)16;1-11-6-8-12(9-7-11)14(15-2)10-4-3-5-13(14)16;1-2-15-14(11-7-6-10-13(14)16)12-8-4-3-5-9-12;1-11-7-5-6-10-13(11,14)12-8-3-2-4-9-12;13-10-6-2-1-5-9(10)12(14)8-4-3-7-11(12)15/h6-8,11,16H,3-5,9-10H2,1-2H3;7-10,16H,3-6,11H2,1-2H3;5-7,10,15H,3-4,8-9H2,1-2H3;3-4,7-8,15H,5-6,9-10H2,1-2H3;6-9,15H,3-5,10H2,1-2H3;3-5,8-9,15H,2,6-7,10-11H2,1H3;2-4,8-9,11H,5-7,10,14H2,1H3;1-2,5-6H,3-4,7-8,14H2/t2*15-;4*14-;11?,13-;12-/m01000001/s1. The molecule has 9 atom stereocenters. The van der Waals surface area contributed by atoms with Gasteiger partial charge in [0.2, 0.25) is 0 Å². The average Bonchev–Trinajstić information content (AvgIpc) is 0.792. The smallest absolute Gasteiger partial charge is 0.157 e. The van der Waals surface area contributed by atoms with Crippen LogP contribution in [0.1, 0.15) is 294 Å². The number of aryl methyl sites for hydroxylation is 3. The number of rotatable bonds is 19.